The first-order chi connectivity index (χ1) is 9.78. The highest BCUT2D eigenvalue weighted by molar-refractivity contribution is 7.99. The van der Waals surface area contributed by atoms with Gasteiger partial charge in [-0.2, -0.15) is 17.0 Å². The summed E-state index contributed by atoms with van der Waals surface area (Å²) in [5.74, 6) is 0.949. The number of nitrogens with zero attached hydrogens (tertiary/aromatic N) is 1. The summed E-state index contributed by atoms with van der Waals surface area (Å²) in [6, 6.07) is 9.03. The van der Waals surface area contributed by atoms with Gasteiger partial charge < -0.3 is 5.32 Å². The molecule has 1 amide bonds. The minimum atomic E-state index is 0.0537. The number of hydrogen-bond acceptors (Lipinski definition) is 3. The molecule has 0 bridgehead atoms. The zero-order chi connectivity index (χ0) is 14.2. The maximum absolute atomic E-state index is 11.8. The van der Waals surface area contributed by atoms with E-state index in [1.807, 2.05) is 11.8 Å². The summed E-state index contributed by atoms with van der Waals surface area (Å²) < 4.78 is 0. The van der Waals surface area contributed by atoms with Crippen molar-refractivity contribution in [2.75, 3.05) is 11.1 Å². The zero-order valence-corrected chi connectivity index (χ0v) is 12.4. The first-order valence-corrected chi connectivity index (χ1v) is 8.24. The summed E-state index contributed by atoms with van der Waals surface area (Å²) in [6.07, 6.45) is 7.23. The van der Waals surface area contributed by atoms with Crippen molar-refractivity contribution in [2.24, 2.45) is 0 Å². The SMILES string of the molecule is N#Cc1ccc(NC(=O)CCSC2CCCCC2)cc1. The van der Waals surface area contributed by atoms with E-state index in [1.54, 1.807) is 24.3 Å². The number of thioether (sulfide) groups is 1. The zero-order valence-electron chi connectivity index (χ0n) is 11.6. The van der Waals surface area contributed by atoms with Crippen LogP contribution in [0, 0.1) is 11.3 Å². The Hall–Kier alpha value is -1.47. The monoisotopic (exact) mass is 288 g/mol. The van der Waals surface area contributed by atoms with Crippen LogP contribution in [-0.2, 0) is 4.79 Å². The van der Waals surface area contributed by atoms with Crippen LogP contribution in [-0.4, -0.2) is 16.9 Å². The lowest BCUT2D eigenvalue weighted by Crippen LogP contribution is -2.14. The Balaban J connectivity index is 1.68. The van der Waals surface area contributed by atoms with E-state index in [2.05, 4.69) is 11.4 Å². The van der Waals surface area contributed by atoms with Crippen molar-refractivity contribution in [1.82, 2.24) is 0 Å². The van der Waals surface area contributed by atoms with E-state index in [4.69, 9.17) is 5.26 Å². The minimum absolute atomic E-state index is 0.0537. The number of anilines is 1. The Labute approximate surface area is 124 Å². The van der Waals surface area contributed by atoms with Crippen LogP contribution in [0.5, 0.6) is 0 Å². The van der Waals surface area contributed by atoms with Crippen LogP contribution < -0.4 is 5.32 Å². The van der Waals surface area contributed by atoms with Gasteiger partial charge in [0.1, 0.15) is 0 Å². The highest BCUT2D eigenvalue weighted by Gasteiger charge is 2.14. The molecule has 0 aromatic heterocycles. The lowest BCUT2D eigenvalue weighted by Gasteiger charge is -2.20. The third kappa shape index (κ3) is 4.90. The van der Waals surface area contributed by atoms with Crippen molar-refractivity contribution >= 4 is 23.4 Å². The van der Waals surface area contributed by atoms with Crippen LogP contribution >= 0.6 is 11.8 Å². The average molecular weight is 288 g/mol. The van der Waals surface area contributed by atoms with Crippen molar-refractivity contribution in [1.29, 1.82) is 5.26 Å². The van der Waals surface area contributed by atoms with Crippen molar-refractivity contribution < 1.29 is 4.79 Å². The third-order valence-corrected chi connectivity index (χ3v) is 4.92. The molecule has 1 N–H and O–H groups in total. The Bertz CT molecular complexity index is 472. The lowest BCUT2D eigenvalue weighted by molar-refractivity contribution is -0.115. The molecule has 2 rings (SSSR count). The van der Waals surface area contributed by atoms with Crippen LogP contribution in [0.4, 0.5) is 5.69 Å². The molecule has 0 saturated heterocycles. The summed E-state index contributed by atoms with van der Waals surface area (Å²) in [6.45, 7) is 0. The van der Waals surface area contributed by atoms with Gasteiger partial charge in [-0.15, -0.1) is 0 Å². The van der Waals surface area contributed by atoms with Crippen LogP contribution in [0.1, 0.15) is 44.1 Å². The second kappa shape index (κ2) is 7.96. The summed E-state index contributed by atoms with van der Waals surface area (Å²) in [7, 11) is 0. The van der Waals surface area contributed by atoms with Gasteiger partial charge in [-0.05, 0) is 37.1 Å². The number of hydrogen-bond donors (Lipinski definition) is 1. The predicted molar refractivity (Wildman–Crippen MR) is 83.7 cm³/mol. The average Bonchev–Trinajstić information content (AvgIpc) is 2.49. The lowest BCUT2D eigenvalue weighted by atomic mass is 10.0. The van der Waals surface area contributed by atoms with Crippen molar-refractivity contribution in [3.8, 4) is 6.07 Å². The molecule has 1 saturated carbocycles. The molecule has 0 atom stereocenters. The molecule has 1 fully saturated rings. The van der Waals surface area contributed by atoms with E-state index >= 15 is 0 Å². The molecule has 1 aliphatic rings. The van der Waals surface area contributed by atoms with Gasteiger partial charge >= 0.3 is 0 Å². The van der Waals surface area contributed by atoms with E-state index in [0.29, 0.717) is 12.0 Å². The number of nitriles is 1. The maximum atomic E-state index is 11.8. The van der Waals surface area contributed by atoms with Gasteiger partial charge in [-0.1, -0.05) is 19.3 Å². The molecular weight excluding hydrogens is 268 g/mol. The van der Waals surface area contributed by atoms with Crippen molar-refractivity contribution in [2.45, 2.75) is 43.8 Å². The summed E-state index contributed by atoms with van der Waals surface area (Å²) in [5, 5.41) is 12.3. The van der Waals surface area contributed by atoms with Gasteiger partial charge in [-0.3, -0.25) is 4.79 Å². The molecule has 0 radical (unpaired) electrons. The van der Waals surface area contributed by atoms with Crippen LogP contribution in [0.25, 0.3) is 0 Å². The van der Waals surface area contributed by atoms with Gasteiger partial charge in [0.25, 0.3) is 0 Å². The maximum Gasteiger partial charge on any atom is 0.225 e. The molecule has 0 spiro atoms. The number of rotatable bonds is 5. The highest BCUT2D eigenvalue weighted by atomic mass is 32.2. The van der Waals surface area contributed by atoms with Crippen LogP contribution in [0.3, 0.4) is 0 Å². The number of nitrogens with one attached hydrogen (secondary N) is 1. The normalized spacial score (nSPS) is 15.6. The molecule has 4 heteroatoms. The first-order valence-electron chi connectivity index (χ1n) is 7.19. The molecular formula is C16H20N2OS. The van der Waals surface area contributed by atoms with Crippen LogP contribution in [0.2, 0.25) is 0 Å². The standard InChI is InChI=1S/C16H20N2OS/c17-12-13-6-8-14(9-7-13)18-16(19)10-11-20-15-4-2-1-3-5-15/h6-9,15H,1-5,10-11H2,(H,18,19). The van der Waals surface area contributed by atoms with Crippen molar-refractivity contribution in [3.63, 3.8) is 0 Å². The van der Waals surface area contributed by atoms with Gasteiger partial charge in [0.15, 0.2) is 0 Å². The smallest absolute Gasteiger partial charge is 0.225 e. The molecule has 1 aromatic rings. The highest BCUT2D eigenvalue weighted by Crippen LogP contribution is 2.28. The first kappa shape index (κ1) is 14.9. The molecule has 0 aliphatic heterocycles. The topological polar surface area (TPSA) is 52.9 Å². The van der Waals surface area contributed by atoms with E-state index in [9.17, 15) is 4.79 Å². The molecule has 20 heavy (non-hydrogen) atoms. The largest absolute Gasteiger partial charge is 0.326 e. The number of amides is 1. The molecule has 0 unspecified atom stereocenters. The van der Waals surface area contributed by atoms with E-state index in [-0.39, 0.29) is 5.91 Å². The predicted octanol–water partition coefficient (Wildman–Crippen LogP) is 3.95. The number of benzene rings is 1. The second-order valence-corrected chi connectivity index (χ2v) is 6.53. The van der Waals surface area contributed by atoms with Gasteiger partial charge in [-0.25, -0.2) is 0 Å². The van der Waals surface area contributed by atoms with Crippen LogP contribution in [0.15, 0.2) is 24.3 Å². The second-order valence-electron chi connectivity index (χ2n) is 5.12. The molecule has 1 aromatic carbocycles. The third-order valence-electron chi connectivity index (χ3n) is 3.53. The fourth-order valence-electron chi connectivity index (χ4n) is 2.40. The Morgan fingerprint density at radius 3 is 2.60 bits per heavy atom. The number of carbonyl (C=O) groups excluding carboxylic acids is 1. The number of carbonyl (C=O) groups is 1. The summed E-state index contributed by atoms with van der Waals surface area (Å²) >= 11 is 1.94. The molecule has 106 valence electrons. The van der Waals surface area contributed by atoms with Gasteiger partial charge in [0.2, 0.25) is 5.91 Å². The Morgan fingerprint density at radius 2 is 1.95 bits per heavy atom. The fourth-order valence-corrected chi connectivity index (χ4v) is 3.70. The van der Waals surface area contributed by atoms with Gasteiger partial charge in [0, 0.05) is 23.1 Å². The fraction of sp³-hybridized carbons (Fsp3) is 0.500. The van der Waals surface area contributed by atoms with Crippen molar-refractivity contribution in [3.05, 3.63) is 29.8 Å². The van der Waals surface area contributed by atoms with E-state index < -0.39 is 0 Å². The quantitative estimate of drug-likeness (QED) is 0.892. The minimum Gasteiger partial charge on any atom is -0.326 e. The summed E-state index contributed by atoms with van der Waals surface area (Å²) in [4.78, 5) is 11.8. The van der Waals surface area contributed by atoms with Gasteiger partial charge in [0.05, 0.1) is 11.6 Å². The van der Waals surface area contributed by atoms with E-state index in [0.717, 1.165) is 16.7 Å². The van der Waals surface area contributed by atoms with E-state index in [1.165, 1.54) is 32.1 Å². The molecule has 0 heterocycles. The Morgan fingerprint density at radius 1 is 1.25 bits per heavy atom. The Kier molecular flexibility index (Phi) is 5.94. The summed E-state index contributed by atoms with van der Waals surface area (Å²) in [5.41, 5.74) is 1.37. The molecule has 3 nitrogen and oxygen atoms in total. The molecule has 1 aliphatic carbocycles.